The van der Waals surface area contributed by atoms with Crippen molar-refractivity contribution in [3.8, 4) is 5.75 Å². The first kappa shape index (κ1) is 33.7. The fourth-order valence-corrected chi connectivity index (χ4v) is 6.73. The number of piperidine rings is 1. The minimum absolute atomic E-state index is 0.0459. The van der Waals surface area contributed by atoms with Crippen molar-refractivity contribution in [2.75, 3.05) is 26.8 Å². The van der Waals surface area contributed by atoms with E-state index in [1.807, 2.05) is 42.5 Å². The van der Waals surface area contributed by atoms with Gasteiger partial charge < -0.3 is 14.2 Å². The van der Waals surface area contributed by atoms with Gasteiger partial charge >= 0.3 is 12.1 Å². The summed E-state index contributed by atoms with van der Waals surface area (Å²) in [5.41, 5.74) is 2.43. The Morgan fingerprint density at radius 1 is 0.979 bits per heavy atom. The molecule has 0 saturated carbocycles. The molecule has 12 heteroatoms. The molecule has 2 heterocycles. The summed E-state index contributed by atoms with van der Waals surface area (Å²) in [7, 11) is 1.59. The SMILES string of the molecule is CCOC(=O)C1=C(C)N=C(SCc2ccc(OC)cc2)N(C(=O)OC2CCN(Cc3ccccc3)CC2)C1c1ccccc1[N+](=O)[O-]. The molecule has 1 unspecified atom stereocenters. The van der Waals surface area contributed by atoms with Crippen molar-refractivity contribution < 1.29 is 28.7 Å². The zero-order valence-corrected chi connectivity index (χ0v) is 27.5. The van der Waals surface area contributed by atoms with Crippen molar-refractivity contribution in [2.45, 2.75) is 51.1 Å². The van der Waals surface area contributed by atoms with Gasteiger partial charge in [0.05, 0.1) is 35.5 Å². The van der Waals surface area contributed by atoms with Crippen LogP contribution in [0.2, 0.25) is 0 Å². The maximum absolute atomic E-state index is 14.3. The molecule has 2 aliphatic rings. The average Bonchev–Trinajstić information content (AvgIpc) is 3.08. The first-order valence-electron chi connectivity index (χ1n) is 15.5. The predicted molar refractivity (Wildman–Crippen MR) is 180 cm³/mol. The molecule has 1 fully saturated rings. The van der Waals surface area contributed by atoms with Gasteiger partial charge in [0, 0.05) is 31.5 Å². The molecule has 1 amide bonds. The van der Waals surface area contributed by atoms with Gasteiger partial charge in [0.1, 0.15) is 17.9 Å². The van der Waals surface area contributed by atoms with E-state index in [-0.39, 0.29) is 34.7 Å². The smallest absolute Gasteiger partial charge is 0.417 e. The topological polar surface area (TPSA) is 124 Å². The number of amides is 1. The fourth-order valence-electron chi connectivity index (χ4n) is 5.72. The molecular formula is C35H38N4O7S. The lowest BCUT2D eigenvalue weighted by molar-refractivity contribution is -0.385. The number of hydrogen-bond donors (Lipinski definition) is 0. The van der Waals surface area contributed by atoms with E-state index in [4.69, 9.17) is 19.2 Å². The van der Waals surface area contributed by atoms with Crippen molar-refractivity contribution >= 4 is 34.7 Å². The third kappa shape index (κ3) is 8.19. The number of rotatable bonds is 10. The van der Waals surface area contributed by atoms with Crippen molar-refractivity contribution in [2.24, 2.45) is 4.99 Å². The van der Waals surface area contributed by atoms with Gasteiger partial charge in [-0.3, -0.25) is 15.0 Å². The van der Waals surface area contributed by atoms with Gasteiger partial charge in [-0.15, -0.1) is 0 Å². The van der Waals surface area contributed by atoms with E-state index in [0.29, 0.717) is 30.0 Å². The van der Waals surface area contributed by atoms with E-state index in [9.17, 15) is 19.7 Å². The summed E-state index contributed by atoms with van der Waals surface area (Å²) in [6, 6.07) is 22.6. The molecule has 3 aromatic rings. The Balaban J connectivity index is 1.46. The first-order valence-corrected chi connectivity index (χ1v) is 16.5. The van der Waals surface area contributed by atoms with Crippen LogP contribution < -0.4 is 4.74 Å². The highest BCUT2D eigenvalue weighted by atomic mass is 32.2. The minimum Gasteiger partial charge on any atom is -0.497 e. The average molecular weight is 659 g/mol. The van der Waals surface area contributed by atoms with Gasteiger partial charge in [-0.1, -0.05) is 66.4 Å². The fraction of sp³-hybridized carbons (Fsp3) is 0.343. The third-order valence-electron chi connectivity index (χ3n) is 8.09. The molecular weight excluding hydrogens is 620 g/mol. The molecule has 0 radical (unpaired) electrons. The summed E-state index contributed by atoms with van der Waals surface area (Å²) in [5, 5.41) is 12.5. The molecule has 0 N–H and O–H groups in total. The number of thioether (sulfide) groups is 1. The quantitative estimate of drug-likeness (QED) is 0.130. The summed E-state index contributed by atoms with van der Waals surface area (Å²) < 4.78 is 16.8. The summed E-state index contributed by atoms with van der Waals surface area (Å²) >= 11 is 1.28. The number of aliphatic imine (C=N–C) groups is 1. The van der Waals surface area contributed by atoms with E-state index >= 15 is 0 Å². The molecule has 2 aliphatic heterocycles. The maximum Gasteiger partial charge on any atom is 0.417 e. The second-order valence-corrected chi connectivity index (χ2v) is 12.1. The van der Waals surface area contributed by atoms with E-state index < -0.39 is 23.0 Å². The molecule has 47 heavy (non-hydrogen) atoms. The number of amidine groups is 1. The van der Waals surface area contributed by atoms with Crippen LogP contribution in [0.25, 0.3) is 0 Å². The van der Waals surface area contributed by atoms with Crippen LogP contribution in [0, 0.1) is 10.1 Å². The number of nitro benzene ring substituents is 1. The Hall–Kier alpha value is -4.68. The lowest BCUT2D eigenvalue weighted by atomic mass is 9.93. The lowest BCUT2D eigenvalue weighted by Crippen LogP contribution is -2.46. The van der Waals surface area contributed by atoms with Crippen LogP contribution in [0.3, 0.4) is 0 Å². The number of allylic oxidation sites excluding steroid dienone is 1. The highest BCUT2D eigenvalue weighted by molar-refractivity contribution is 8.13. The van der Waals surface area contributed by atoms with Crippen LogP contribution in [0.1, 0.15) is 49.4 Å². The standard InChI is InChI=1S/C35H38N4O7S/c1-4-45-33(40)31-24(2)36-34(47-23-26-14-16-27(44-3)17-15-26)38(32(31)29-12-8-9-13-30(29)39(42)43)35(41)46-28-18-20-37(21-19-28)22-25-10-6-5-7-11-25/h5-17,28,32H,4,18-23H2,1-3H3. The van der Waals surface area contributed by atoms with Crippen LogP contribution in [-0.4, -0.2) is 64.9 Å². The van der Waals surface area contributed by atoms with Crippen molar-refractivity contribution in [1.82, 2.24) is 9.80 Å². The van der Waals surface area contributed by atoms with Crippen LogP contribution in [-0.2, 0) is 26.6 Å². The molecule has 0 spiro atoms. The molecule has 1 saturated heterocycles. The van der Waals surface area contributed by atoms with Crippen molar-refractivity contribution in [1.29, 1.82) is 0 Å². The number of esters is 1. The number of para-hydroxylation sites is 1. The molecule has 3 aromatic carbocycles. The van der Waals surface area contributed by atoms with Crippen LogP contribution in [0.5, 0.6) is 5.75 Å². The van der Waals surface area contributed by atoms with E-state index in [1.165, 1.54) is 28.3 Å². The van der Waals surface area contributed by atoms with Gasteiger partial charge in [-0.2, -0.15) is 0 Å². The van der Waals surface area contributed by atoms with E-state index in [2.05, 4.69) is 17.0 Å². The molecule has 0 bridgehead atoms. The molecule has 0 aromatic heterocycles. The number of ether oxygens (including phenoxy) is 3. The van der Waals surface area contributed by atoms with Gasteiger partial charge in [0.25, 0.3) is 5.69 Å². The number of nitro groups is 1. The van der Waals surface area contributed by atoms with Crippen LogP contribution in [0.4, 0.5) is 10.5 Å². The minimum atomic E-state index is -1.20. The molecule has 5 rings (SSSR count). The Bertz CT molecular complexity index is 1640. The number of carbonyl (C=O) groups is 2. The van der Waals surface area contributed by atoms with Crippen LogP contribution in [0.15, 0.2) is 95.1 Å². The zero-order chi connectivity index (χ0) is 33.3. The molecule has 246 valence electrons. The summed E-state index contributed by atoms with van der Waals surface area (Å²) in [5.74, 6) is 0.432. The summed E-state index contributed by atoms with van der Waals surface area (Å²) in [6.45, 7) is 5.67. The Kier molecular flexibility index (Phi) is 11.3. The largest absolute Gasteiger partial charge is 0.497 e. The normalized spacial score (nSPS) is 17.2. The van der Waals surface area contributed by atoms with Crippen LogP contribution >= 0.6 is 11.8 Å². The number of benzene rings is 3. The maximum atomic E-state index is 14.3. The first-order chi connectivity index (χ1) is 22.8. The summed E-state index contributed by atoms with van der Waals surface area (Å²) in [6.07, 6.45) is 0.123. The highest BCUT2D eigenvalue weighted by Crippen LogP contribution is 2.42. The number of carbonyl (C=O) groups excluding carboxylic acids is 2. The van der Waals surface area contributed by atoms with E-state index in [1.54, 1.807) is 39.2 Å². The predicted octanol–water partition coefficient (Wildman–Crippen LogP) is 6.89. The highest BCUT2D eigenvalue weighted by Gasteiger charge is 2.44. The molecule has 1 atom stereocenters. The number of hydrogen-bond acceptors (Lipinski definition) is 10. The third-order valence-corrected chi connectivity index (χ3v) is 9.11. The molecule has 0 aliphatic carbocycles. The monoisotopic (exact) mass is 658 g/mol. The van der Waals surface area contributed by atoms with Gasteiger partial charge in [-0.25, -0.2) is 19.5 Å². The molecule has 11 nitrogen and oxygen atoms in total. The van der Waals surface area contributed by atoms with Crippen molar-refractivity contribution in [3.05, 3.63) is 117 Å². The van der Waals surface area contributed by atoms with Gasteiger partial charge in [-0.05, 0) is 56.0 Å². The Morgan fingerprint density at radius 2 is 1.66 bits per heavy atom. The second-order valence-electron chi connectivity index (χ2n) is 11.2. The zero-order valence-electron chi connectivity index (χ0n) is 26.7. The van der Waals surface area contributed by atoms with E-state index in [0.717, 1.165) is 25.2 Å². The van der Waals surface area contributed by atoms with Gasteiger partial charge in [0.2, 0.25) is 0 Å². The Morgan fingerprint density at radius 3 is 2.32 bits per heavy atom. The van der Waals surface area contributed by atoms with Gasteiger partial charge in [0.15, 0.2) is 5.17 Å². The summed E-state index contributed by atoms with van der Waals surface area (Å²) in [4.78, 5) is 47.7. The number of nitrogens with zero attached hydrogens (tertiary/aromatic N) is 4. The number of likely N-dealkylation sites (tertiary alicyclic amines) is 1. The Labute approximate surface area is 278 Å². The number of methoxy groups -OCH3 is 1. The second kappa shape index (κ2) is 15.7. The van der Waals surface area contributed by atoms with Crippen molar-refractivity contribution in [3.63, 3.8) is 0 Å². The lowest BCUT2D eigenvalue weighted by Gasteiger charge is -2.37.